The Morgan fingerprint density at radius 3 is 2.56 bits per heavy atom. The van der Waals surface area contributed by atoms with Crippen LogP contribution in [0.5, 0.6) is 0 Å². The molecule has 18 heavy (non-hydrogen) atoms. The summed E-state index contributed by atoms with van der Waals surface area (Å²) in [5.74, 6) is -1.00. The van der Waals surface area contributed by atoms with Crippen LogP contribution < -0.4 is 5.32 Å². The number of alkyl halides is 3. The molecule has 0 saturated heterocycles. The average Bonchev–Trinajstić information content (AvgIpc) is 2.65. The number of benzene rings is 1. The van der Waals surface area contributed by atoms with Crippen LogP contribution in [0.2, 0.25) is 0 Å². The molecular weight excluding hydrogens is 250 g/mol. The van der Waals surface area contributed by atoms with Crippen LogP contribution in [0.4, 0.5) is 29.2 Å². The van der Waals surface area contributed by atoms with E-state index in [9.17, 15) is 17.6 Å². The smallest absolute Gasteiger partial charge is 0.328 e. The zero-order valence-electron chi connectivity index (χ0n) is 9.27. The van der Waals surface area contributed by atoms with Crippen LogP contribution in [0.1, 0.15) is 11.3 Å². The third-order valence-electron chi connectivity index (χ3n) is 2.24. The summed E-state index contributed by atoms with van der Waals surface area (Å²) in [5, 5.41) is 2.63. The van der Waals surface area contributed by atoms with E-state index in [0.29, 0.717) is 12.0 Å². The Morgan fingerprint density at radius 2 is 2.00 bits per heavy atom. The molecule has 96 valence electrons. The molecule has 0 amide bonds. The van der Waals surface area contributed by atoms with Crippen LogP contribution in [0.25, 0.3) is 0 Å². The second-order valence-electron chi connectivity index (χ2n) is 3.73. The highest BCUT2D eigenvalue weighted by molar-refractivity contribution is 5.55. The van der Waals surface area contributed by atoms with Gasteiger partial charge in [-0.15, -0.1) is 0 Å². The number of halogens is 4. The summed E-state index contributed by atoms with van der Waals surface area (Å²) < 4.78 is 50.5. The van der Waals surface area contributed by atoms with Gasteiger partial charge >= 0.3 is 6.18 Å². The van der Waals surface area contributed by atoms with E-state index in [-0.39, 0.29) is 5.69 Å². The standard InChI is InChI=1S/C11H9F4N3/c1-6-5-16-10(17-6)18-7-2-3-9(12)8(4-7)11(13,14)15/h2-5H,1H3,(H2,16,17,18). The van der Waals surface area contributed by atoms with Gasteiger partial charge in [0.05, 0.1) is 5.56 Å². The highest BCUT2D eigenvalue weighted by atomic mass is 19.4. The van der Waals surface area contributed by atoms with Gasteiger partial charge in [0.1, 0.15) is 5.82 Å². The minimum absolute atomic E-state index is 0.109. The number of nitrogens with zero attached hydrogens (tertiary/aromatic N) is 1. The third kappa shape index (κ3) is 2.61. The van der Waals surface area contributed by atoms with Gasteiger partial charge < -0.3 is 10.3 Å². The van der Waals surface area contributed by atoms with Gasteiger partial charge in [-0.2, -0.15) is 13.2 Å². The van der Waals surface area contributed by atoms with Crippen molar-refractivity contribution in [1.82, 2.24) is 9.97 Å². The Balaban J connectivity index is 2.30. The first kappa shape index (κ1) is 12.4. The molecule has 2 aromatic rings. The predicted molar refractivity (Wildman–Crippen MR) is 58.0 cm³/mol. The van der Waals surface area contributed by atoms with Crippen LogP contribution >= 0.6 is 0 Å². The molecular formula is C11H9F4N3. The zero-order valence-corrected chi connectivity index (χ0v) is 9.27. The van der Waals surface area contributed by atoms with Crippen molar-refractivity contribution in [3.8, 4) is 0 Å². The van der Waals surface area contributed by atoms with Gasteiger partial charge in [-0.1, -0.05) is 0 Å². The first-order valence-corrected chi connectivity index (χ1v) is 5.01. The van der Waals surface area contributed by atoms with Crippen LogP contribution in [0, 0.1) is 12.7 Å². The maximum Gasteiger partial charge on any atom is 0.419 e. The van der Waals surface area contributed by atoms with Gasteiger partial charge in [0.15, 0.2) is 0 Å². The number of hydrogen-bond donors (Lipinski definition) is 2. The van der Waals surface area contributed by atoms with E-state index in [1.807, 2.05) is 0 Å². The van der Waals surface area contributed by atoms with Crippen LogP contribution in [-0.4, -0.2) is 9.97 Å². The van der Waals surface area contributed by atoms with E-state index in [4.69, 9.17) is 0 Å². The molecule has 1 aromatic heterocycles. The fourth-order valence-corrected chi connectivity index (χ4v) is 1.43. The molecule has 0 saturated carbocycles. The molecule has 7 heteroatoms. The minimum Gasteiger partial charge on any atom is -0.328 e. The van der Waals surface area contributed by atoms with Crippen molar-refractivity contribution in [3.05, 3.63) is 41.5 Å². The number of H-pyrrole nitrogens is 1. The molecule has 3 nitrogen and oxygen atoms in total. The van der Waals surface area contributed by atoms with Gasteiger partial charge in [-0.05, 0) is 25.1 Å². The molecule has 2 rings (SSSR count). The van der Waals surface area contributed by atoms with E-state index in [1.54, 1.807) is 6.92 Å². The highest BCUT2D eigenvalue weighted by Gasteiger charge is 2.34. The van der Waals surface area contributed by atoms with Crippen molar-refractivity contribution >= 4 is 11.6 Å². The predicted octanol–water partition coefficient (Wildman–Crippen LogP) is 3.62. The molecule has 0 fully saturated rings. The third-order valence-corrected chi connectivity index (χ3v) is 2.24. The number of hydrogen-bond acceptors (Lipinski definition) is 2. The molecule has 1 heterocycles. The lowest BCUT2D eigenvalue weighted by Gasteiger charge is -2.10. The molecule has 2 N–H and O–H groups in total. The van der Waals surface area contributed by atoms with Crippen LogP contribution in [0.15, 0.2) is 24.4 Å². The molecule has 1 aromatic carbocycles. The number of nitrogens with one attached hydrogen (secondary N) is 2. The number of imidazole rings is 1. The number of rotatable bonds is 2. The summed E-state index contributed by atoms with van der Waals surface area (Å²) in [6.07, 6.45) is -3.20. The first-order valence-electron chi connectivity index (χ1n) is 5.01. The van der Waals surface area contributed by atoms with Crippen LogP contribution in [0.3, 0.4) is 0 Å². The maximum atomic E-state index is 13.0. The SMILES string of the molecule is Cc1cnc(Nc2ccc(F)c(C(F)(F)F)c2)[nH]1. The zero-order chi connectivity index (χ0) is 13.3. The lowest BCUT2D eigenvalue weighted by atomic mass is 10.2. The van der Waals surface area contributed by atoms with Gasteiger partial charge in [0.2, 0.25) is 5.95 Å². The summed E-state index contributed by atoms with van der Waals surface area (Å²) in [4.78, 5) is 6.68. The fraction of sp³-hybridized carbons (Fsp3) is 0.182. The summed E-state index contributed by atoms with van der Waals surface area (Å²) in [7, 11) is 0. The second kappa shape index (κ2) is 4.32. The number of aromatic amines is 1. The summed E-state index contributed by atoms with van der Waals surface area (Å²) in [6, 6.07) is 2.68. The van der Waals surface area contributed by atoms with Crippen molar-refractivity contribution in [2.24, 2.45) is 0 Å². The molecule has 0 atom stereocenters. The van der Waals surface area contributed by atoms with Gasteiger partial charge in [0.25, 0.3) is 0 Å². The average molecular weight is 259 g/mol. The van der Waals surface area contributed by atoms with Crippen molar-refractivity contribution < 1.29 is 17.6 Å². The fourth-order valence-electron chi connectivity index (χ4n) is 1.43. The highest BCUT2D eigenvalue weighted by Crippen LogP contribution is 2.33. The topological polar surface area (TPSA) is 40.7 Å². The molecule has 0 spiro atoms. The first-order chi connectivity index (χ1) is 8.36. The number of anilines is 2. The van der Waals surface area contributed by atoms with E-state index < -0.39 is 17.6 Å². The maximum absolute atomic E-state index is 13.0. The Labute approximate surface area is 99.9 Å². The van der Waals surface area contributed by atoms with Gasteiger partial charge in [-0.25, -0.2) is 9.37 Å². The van der Waals surface area contributed by atoms with Gasteiger partial charge in [-0.3, -0.25) is 0 Å². The largest absolute Gasteiger partial charge is 0.419 e. The van der Waals surface area contributed by atoms with E-state index in [1.165, 1.54) is 12.3 Å². The molecule has 0 aliphatic carbocycles. The Kier molecular flexibility index (Phi) is 2.98. The molecule has 0 bridgehead atoms. The number of aromatic nitrogens is 2. The lowest BCUT2D eigenvalue weighted by Crippen LogP contribution is -2.08. The Morgan fingerprint density at radius 1 is 1.28 bits per heavy atom. The number of aryl methyl sites for hydroxylation is 1. The normalized spacial score (nSPS) is 11.6. The van der Waals surface area contributed by atoms with E-state index in [2.05, 4.69) is 15.3 Å². The molecule has 0 aliphatic heterocycles. The summed E-state index contributed by atoms with van der Waals surface area (Å²) >= 11 is 0. The Hall–Kier alpha value is -2.05. The summed E-state index contributed by atoms with van der Waals surface area (Å²) in [5.41, 5.74) is -0.440. The van der Waals surface area contributed by atoms with Crippen molar-refractivity contribution in [2.45, 2.75) is 13.1 Å². The molecule has 0 unspecified atom stereocenters. The summed E-state index contributed by atoms with van der Waals surface area (Å²) in [6.45, 7) is 1.75. The van der Waals surface area contributed by atoms with E-state index >= 15 is 0 Å². The van der Waals surface area contributed by atoms with Crippen LogP contribution in [-0.2, 0) is 6.18 Å². The van der Waals surface area contributed by atoms with Crippen molar-refractivity contribution in [1.29, 1.82) is 0 Å². The quantitative estimate of drug-likeness (QED) is 0.809. The second-order valence-corrected chi connectivity index (χ2v) is 3.73. The minimum atomic E-state index is -4.72. The van der Waals surface area contributed by atoms with Gasteiger partial charge in [0, 0.05) is 17.6 Å². The lowest BCUT2D eigenvalue weighted by molar-refractivity contribution is -0.139. The monoisotopic (exact) mass is 259 g/mol. The Bertz CT molecular complexity index is 560. The van der Waals surface area contributed by atoms with Crippen molar-refractivity contribution in [2.75, 3.05) is 5.32 Å². The molecule has 0 aliphatic rings. The molecule has 0 radical (unpaired) electrons. The van der Waals surface area contributed by atoms with Crippen molar-refractivity contribution in [3.63, 3.8) is 0 Å². The van der Waals surface area contributed by atoms with E-state index in [0.717, 1.165) is 11.8 Å².